The zero-order valence-electron chi connectivity index (χ0n) is 6.81. The van der Waals surface area contributed by atoms with E-state index in [-0.39, 0.29) is 11.4 Å². The molecule has 0 fully saturated rings. The smallest absolute Gasteiger partial charge is 0.143 e. The van der Waals surface area contributed by atoms with Gasteiger partial charge in [-0.05, 0) is 17.0 Å². The van der Waals surface area contributed by atoms with Gasteiger partial charge in [0.15, 0.2) is 0 Å². The van der Waals surface area contributed by atoms with E-state index < -0.39 is 0 Å². The van der Waals surface area contributed by atoms with Crippen molar-refractivity contribution in [3.63, 3.8) is 0 Å². The molecule has 3 heteroatoms. The zero-order valence-corrected chi connectivity index (χ0v) is 6.81. The zero-order chi connectivity index (χ0) is 9.26. The molecule has 13 heavy (non-hydrogen) atoms. The summed E-state index contributed by atoms with van der Waals surface area (Å²) in [4.78, 5) is 0. The predicted molar refractivity (Wildman–Crippen MR) is 49.8 cm³/mol. The van der Waals surface area contributed by atoms with Crippen LogP contribution in [-0.2, 0) is 0 Å². The van der Waals surface area contributed by atoms with E-state index >= 15 is 0 Å². The first-order valence-corrected chi connectivity index (χ1v) is 3.89. The Hall–Kier alpha value is -1.90. The number of hydrogen-bond acceptors (Lipinski definition) is 2. The number of nitrogens with zero attached hydrogens (tertiary/aromatic N) is 2. The van der Waals surface area contributed by atoms with Gasteiger partial charge in [0, 0.05) is 5.39 Å². The molecule has 0 unspecified atom stereocenters. The van der Waals surface area contributed by atoms with Gasteiger partial charge in [0.25, 0.3) is 0 Å². The normalized spacial score (nSPS) is 10.2. The molecule has 0 spiro atoms. The number of aromatic hydroxyl groups is 1. The van der Waals surface area contributed by atoms with Crippen molar-refractivity contribution in [3.05, 3.63) is 36.4 Å². The first kappa shape index (κ1) is 7.73. The SMILES string of the molecule is [N]=Nc1c(O)ccc2ccccc12. The molecule has 2 aromatic rings. The van der Waals surface area contributed by atoms with E-state index in [1.54, 1.807) is 12.1 Å². The van der Waals surface area contributed by atoms with Gasteiger partial charge in [-0.1, -0.05) is 30.3 Å². The summed E-state index contributed by atoms with van der Waals surface area (Å²) in [6.45, 7) is 0. The molecule has 0 aromatic heterocycles. The third-order valence-corrected chi connectivity index (χ3v) is 1.98. The Balaban J connectivity index is 2.91. The highest BCUT2D eigenvalue weighted by molar-refractivity contribution is 5.95. The first-order valence-electron chi connectivity index (χ1n) is 3.89. The van der Waals surface area contributed by atoms with Crippen LogP contribution in [0, 0.1) is 0 Å². The lowest BCUT2D eigenvalue weighted by Gasteiger charge is -2.01. The molecule has 3 nitrogen and oxygen atoms in total. The fourth-order valence-corrected chi connectivity index (χ4v) is 1.35. The minimum absolute atomic E-state index is 0.0128. The first-order chi connectivity index (χ1) is 6.33. The standard InChI is InChI=1S/C10H7N2O/c11-12-10-8-4-2-1-3-7(8)5-6-9(10)13/h1-6,13H. The van der Waals surface area contributed by atoms with E-state index in [2.05, 4.69) is 5.11 Å². The summed E-state index contributed by atoms with van der Waals surface area (Å²) < 4.78 is 0. The Morgan fingerprint density at radius 2 is 1.85 bits per heavy atom. The van der Waals surface area contributed by atoms with E-state index in [4.69, 9.17) is 5.53 Å². The van der Waals surface area contributed by atoms with Crippen molar-refractivity contribution in [1.29, 1.82) is 0 Å². The molecule has 0 saturated carbocycles. The number of benzene rings is 2. The lowest BCUT2D eigenvalue weighted by Crippen LogP contribution is -1.74. The lowest BCUT2D eigenvalue weighted by molar-refractivity contribution is 0.477. The Morgan fingerprint density at radius 1 is 1.08 bits per heavy atom. The second-order valence-corrected chi connectivity index (χ2v) is 2.75. The molecule has 0 saturated heterocycles. The number of fused-ring (bicyclic) bond motifs is 1. The topological polar surface area (TPSA) is 54.9 Å². The molecule has 0 heterocycles. The van der Waals surface area contributed by atoms with Gasteiger partial charge < -0.3 is 5.11 Å². The maximum Gasteiger partial charge on any atom is 0.143 e. The Kier molecular flexibility index (Phi) is 1.70. The van der Waals surface area contributed by atoms with E-state index in [9.17, 15) is 5.11 Å². The van der Waals surface area contributed by atoms with Crippen molar-refractivity contribution in [2.24, 2.45) is 5.11 Å². The van der Waals surface area contributed by atoms with Crippen molar-refractivity contribution >= 4 is 16.5 Å². The summed E-state index contributed by atoms with van der Waals surface area (Å²) in [5.41, 5.74) is 8.90. The minimum Gasteiger partial charge on any atom is -0.506 e. The van der Waals surface area contributed by atoms with Gasteiger partial charge in [-0.2, -0.15) is 0 Å². The molecule has 0 aliphatic heterocycles. The molecule has 1 radical (unpaired) electrons. The van der Waals surface area contributed by atoms with Gasteiger partial charge in [-0.3, -0.25) is 0 Å². The second-order valence-electron chi connectivity index (χ2n) is 2.75. The Labute approximate surface area is 75.1 Å². The Morgan fingerprint density at radius 3 is 2.62 bits per heavy atom. The fourth-order valence-electron chi connectivity index (χ4n) is 1.35. The average Bonchev–Trinajstić information content (AvgIpc) is 2.18. The minimum atomic E-state index is -0.0128. The van der Waals surface area contributed by atoms with Crippen LogP contribution >= 0.6 is 0 Å². The number of phenols is 1. The number of hydrogen-bond donors (Lipinski definition) is 1. The largest absolute Gasteiger partial charge is 0.506 e. The summed E-state index contributed by atoms with van der Waals surface area (Å²) >= 11 is 0. The molecule has 2 rings (SSSR count). The molecule has 0 aliphatic rings. The monoisotopic (exact) mass is 171 g/mol. The molecular formula is C10H7N2O. The van der Waals surface area contributed by atoms with Crippen LogP contribution in [0.5, 0.6) is 5.75 Å². The third-order valence-electron chi connectivity index (χ3n) is 1.98. The highest BCUT2D eigenvalue weighted by Gasteiger charge is 2.04. The van der Waals surface area contributed by atoms with Crippen LogP contribution < -0.4 is 5.53 Å². The van der Waals surface area contributed by atoms with Gasteiger partial charge in [0.05, 0.1) is 0 Å². The summed E-state index contributed by atoms with van der Waals surface area (Å²) in [7, 11) is 0. The molecular weight excluding hydrogens is 164 g/mol. The maximum absolute atomic E-state index is 9.35. The number of phenolic OH excluding ortho intramolecular Hbond substituents is 1. The molecule has 0 atom stereocenters. The van der Waals surface area contributed by atoms with Crippen LogP contribution in [0.15, 0.2) is 41.5 Å². The molecule has 63 valence electrons. The Bertz CT molecular complexity index is 465. The summed E-state index contributed by atoms with van der Waals surface area (Å²) in [5.74, 6) is -0.0128. The maximum atomic E-state index is 9.35. The van der Waals surface area contributed by atoms with Crippen molar-refractivity contribution in [2.75, 3.05) is 0 Å². The summed E-state index contributed by atoms with van der Waals surface area (Å²) in [6, 6.07) is 10.7. The molecule has 0 amide bonds. The fraction of sp³-hybridized carbons (Fsp3) is 0. The lowest BCUT2D eigenvalue weighted by atomic mass is 10.1. The highest BCUT2D eigenvalue weighted by Crippen LogP contribution is 2.33. The van der Waals surface area contributed by atoms with Gasteiger partial charge >= 0.3 is 0 Å². The number of rotatable bonds is 1. The van der Waals surface area contributed by atoms with Crippen LogP contribution in [0.3, 0.4) is 0 Å². The van der Waals surface area contributed by atoms with Crippen molar-refractivity contribution in [2.45, 2.75) is 0 Å². The summed E-state index contributed by atoms with van der Waals surface area (Å²) in [5, 5.41) is 14.1. The van der Waals surface area contributed by atoms with Crippen molar-refractivity contribution in [3.8, 4) is 5.75 Å². The highest BCUT2D eigenvalue weighted by atomic mass is 16.3. The van der Waals surface area contributed by atoms with Crippen LogP contribution in [-0.4, -0.2) is 5.11 Å². The van der Waals surface area contributed by atoms with E-state index in [0.29, 0.717) is 0 Å². The van der Waals surface area contributed by atoms with E-state index in [0.717, 1.165) is 10.8 Å². The van der Waals surface area contributed by atoms with Crippen molar-refractivity contribution in [1.82, 2.24) is 5.53 Å². The molecule has 2 aromatic carbocycles. The predicted octanol–water partition coefficient (Wildman–Crippen LogP) is 2.43. The quantitative estimate of drug-likeness (QED) is 0.658. The van der Waals surface area contributed by atoms with Gasteiger partial charge in [-0.15, -0.1) is 5.11 Å². The second kappa shape index (κ2) is 2.86. The van der Waals surface area contributed by atoms with Crippen molar-refractivity contribution < 1.29 is 5.11 Å². The molecule has 1 N–H and O–H groups in total. The van der Waals surface area contributed by atoms with Crippen LogP contribution in [0.1, 0.15) is 0 Å². The average molecular weight is 171 g/mol. The van der Waals surface area contributed by atoms with Crippen LogP contribution in [0.2, 0.25) is 0 Å². The van der Waals surface area contributed by atoms with E-state index in [1.165, 1.54) is 6.07 Å². The van der Waals surface area contributed by atoms with Gasteiger partial charge in [-0.25, -0.2) is 0 Å². The molecule has 0 bridgehead atoms. The van der Waals surface area contributed by atoms with Crippen LogP contribution in [0.25, 0.3) is 10.8 Å². The summed E-state index contributed by atoms with van der Waals surface area (Å²) in [6.07, 6.45) is 0. The van der Waals surface area contributed by atoms with Crippen LogP contribution in [0.4, 0.5) is 5.69 Å². The third kappa shape index (κ3) is 1.14. The van der Waals surface area contributed by atoms with Gasteiger partial charge in [0.1, 0.15) is 11.4 Å². The molecule has 0 aliphatic carbocycles. The van der Waals surface area contributed by atoms with E-state index in [1.807, 2.05) is 18.2 Å². The van der Waals surface area contributed by atoms with Gasteiger partial charge in [0.2, 0.25) is 0 Å².